The predicted molar refractivity (Wildman–Crippen MR) is 96.6 cm³/mol. The van der Waals surface area contributed by atoms with Gasteiger partial charge in [0, 0.05) is 31.9 Å². The number of aryl methyl sites for hydroxylation is 1. The van der Waals surface area contributed by atoms with Crippen molar-refractivity contribution in [1.82, 2.24) is 15.6 Å². The summed E-state index contributed by atoms with van der Waals surface area (Å²) < 4.78 is 22.7. The number of aromatic nitrogens is 1. The molecule has 0 aliphatic carbocycles. The van der Waals surface area contributed by atoms with E-state index in [0.29, 0.717) is 19.0 Å². The van der Waals surface area contributed by atoms with Crippen molar-refractivity contribution in [2.45, 2.75) is 24.8 Å². The molecule has 0 aliphatic heterocycles. The van der Waals surface area contributed by atoms with Gasteiger partial charge >= 0.3 is 0 Å². The number of nitrogens with zero attached hydrogens (tertiary/aromatic N) is 2. The van der Waals surface area contributed by atoms with E-state index in [1.54, 1.807) is 30.5 Å². The molecule has 2 aromatic rings. The van der Waals surface area contributed by atoms with E-state index in [9.17, 15) is 8.42 Å². The van der Waals surface area contributed by atoms with Crippen molar-refractivity contribution >= 4 is 27.3 Å². The lowest BCUT2D eigenvalue weighted by molar-refractivity contribution is 0.597. The fraction of sp³-hybridized carbons (Fsp3) is 0.333. The Bertz CT molecular complexity index is 815. The molecule has 0 fully saturated rings. The number of benzene rings is 1. The molecule has 9 heteroatoms. The van der Waals surface area contributed by atoms with Crippen LogP contribution in [0.4, 0.5) is 0 Å². The number of guanidine groups is 1. The van der Waals surface area contributed by atoms with Gasteiger partial charge in [-0.1, -0.05) is 12.1 Å². The predicted octanol–water partition coefficient (Wildman–Crippen LogP) is 1.01. The summed E-state index contributed by atoms with van der Waals surface area (Å²) in [5.41, 5.74) is 1.86. The van der Waals surface area contributed by atoms with Gasteiger partial charge in [-0.3, -0.25) is 4.99 Å². The molecule has 1 aromatic heterocycles. The summed E-state index contributed by atoms with van der Waals surface area (Å²) in [6, 6.07) is 6.51. The first-order valence-electron chi connectivity index (χ1n) is 7.36. The summed E-state index contributed by atoms with van der Waals surface area (Å²) in [6.07, 6.45) is 0.811. The lowest BCUT2D eigenvalue weighted by atomic mass is 10.2. The molecule has 24 heavy (non-hydrogen) atoms. The van der Waals surface area contributed by atoms with E-state index in [1.165, 1.54) is 6.07 Å². The topological polar surface area (TPSA) is 109 Å². The lowest BCUT2D eigenvalue weighted by Crippen LogP contribution is -2.37. The van der Waals surface area contributed by atoms with Crippen LogP contribution in [0.25, 0.3) is 0 Å². The number of thiazole rings is 1. The highest BCUT2D eigenvalue weighted by Gasteiger charge is 2.08. The van der Waals surface area contributed by atoms with Gasteiger partial charge in [0.25, 0.3) is 0 Å². The molecule has 0 atom stereocenters. The molecule has 2 rings (SSSR count). The van der Waals surface area contributed by atoms with Gasteiger partial charge < -0.3 is 10.6 Å². The van der Waals surface area contributed by atoms with Crippen LogP contribution >= 0.6 is 11.3 Å². The molecule has 4 N–H and O–H groups in total. The second-order valence-corrected chi connectivity index (χ2v) is 7.78. The molecular formula is C15H21N5O2S2. The highest BCUT2D eigenvalue weighted by molar-refractivity contribution is 7.89. The minimum Gasteiger partial charge on any atom is -0.356 e. The molecule has 0 aliphatic rings. The average Bonchev–Trinajstić information content (AvgIpc) is 2.95. The number of rotatable bonds is 6. The van der Waals surface area contributed by atoms with Gasteiger partial charge in [0.2, 0.25) is 10.0 Å². The molecule has 0 unspecified atom stereocenters. The molecule has 0 bridgehead atoms. The van der Waals surface area contributed by atoms with Crippen LogP contribution in [-0.4, -0.2) is 33.0 Å². The van der Waals surface area contributed by atoms with Crippen LogP contribution in [-0.2, 0) is 23.0 Å². The summed E-state index contributed by atoms with van der Waals surface area (Å²) >= 11 is 1.64. The lowest BCUT2D eigenvalue weighted by Gasteiger charge is -2.12. The van der Waals surface area contributed by atoms with E-state index >= 15 is 0 Å². The molecule has 0 spiro atoms. The molecule has 0 saturated carbocycles. The normalized spacial score (nSPS) is 12.2. The molecule has 0 radical (unpaired) electrons. The Hall–Kier alpha value is -1.97. The van der Waals surface area contributed by atoms with Crippen molar-refractivity contribution in [2.75, 3.05) is 13.6 Å². The number of hydrogen-bond acceptors (Lipinski definition) is 5. The fourth-order valence-electron chi connectivity index (χ4n) is 2.07. The smallest absolute Gasteiger partial charge is 0.238 e. The SMILES string of the molecule is CN=C(NCCc1csc(C)n1)NCc1cccc(S(N)(=O)=O)c1. The first-order valence-corrected chi connectivity index (χ1v) is 9.78. The summed E-state index contributed by atoms with van der Waals surface area (Å²) in [5, 5.41) is 14.6. The number of nitrogens with one attached hydrogen (secondary N) is 2. The van der Waals surface area contributed by atoms with Crippen LogP contribution < -0.4 is 15.8 Å². The van der Waals surface area contributed by atoms with Crippen LogP contribution in [0.15, 0.2) is 39.5 Å². The minimum absolute atomic E-state index is 0.101. The van der Waals surface area contributed by atoms with Crippen LogP contribution in [0.3, 0.4) is 0 Å². The van der Waals surface area contributed by atoms with Crippen molar-refractivity contribution in [3.05, 3.63) is 45.9 Å². The Balaban J connectivity index is 1.85. The Kier molecular flexibility index (Phi) is 6.29. The van der Waals surface area contributed by atoms with Crippen LogP contribution in [0.1, 0.15) is 16.3 Å². The highest BCUT2D eigenvalue weighted by atomic mass is 32.2. The van der Waals surface area contributed by atoms with E-state index in [0.717, 1.165) is 22.7 Å². The first-order chi connectivity index (χ1) is 11.4. The minimum atomic E-state index is -3.69. The van der Waals surface area contributed by atoms with Crippen LogP contribution in [0.2, 0.25) is 0 Å². The van der Waals surface area contributed by atoms with Gasteiger partial charge in [0.15, 0.2) is 5.96 Å². The maximum Gasteiger partial charge on any atom is 0.238 e. The zero-order valence-corrected chi connectivity index (χ0v) is 15.2. The third-order valence-corrected chi connectivity index (χ3v) is 4.98. The van der Waals surface area contributed by atoms with Gasteiger partial charge in [0.05, 0.1) is 15.6 Å². The van der Waals surface area contributed by atoms with Gasteiger partial charge in [-0.2, -0.15) is 0 Å². The molecule has 0 saturated heterocycles. The quantitative estimate of drug-likeness (QED) is 0.521. The van der Waals surface area contributed by atoms with Crippen LogP contribution in [0, 0.1) is 6.92 Å². The van der Waals surface area contributed by atoms with E-state index in [1.807, 2.05) is 18.4 Å². The maximum absolute atomic E-state index is 11.4. The van der Waals surface area contributed by atoms with Gasteiger partial charge in [0.1, 0.15) is 0 Å². The monoisotopic (exact) mass is 367 g/mol. The summed E-state index contributed by atoms with van der Waals surface area (Å²) in [7, 11) is -2.01. The van der Waals surface area contributed by atoms with E-state index < -0.39 is 10.0 Å². The van der Waals surface area contributed by atoms with Crippen molar-refractivity contribution in [2.24, 2.45) is 10.1 Å². The van der Waals surface area contributed by atoms with Gasteiger partial charge in [-0.05, 0) is 24.6 Å². The Morgan fingerprint density at radius 3 is 2.79 bits per heavy atom. The standard InChI is InChI=1S/C15H21N5O2S2/c1-11-20-13(10-23-11)6-7-18-15(17-2)19-9-12-4-3-5-14(8-12)24(16,21)22/h3-5,8,10H,6-7,9H2,1-2H3,(H2,16,21,22)(H2,17,18,19). The molecule has 1 aromatic carbocycles. The number of aliphatic imine (C=N–C) groups is 1. The average molecular weight is 368 g/mol. The summed E-state index contributed by atoms with van der Waals surface area (Å²) in [4.78, 5) is 8.65. The molecule has 0 amide bonds. The zero-order valence-electron chi connectivity index (χ0n) is 13.6. The first kappa shape index (κ1) is 18.4. The second kappa shape index (κ2) is 8.22. The third kappa shape index (κ3) is 5.59. The summed E-state index contributed by atoms with van der Waals surface area (Å²) in [5.74, 6) is 0.642. The van der Waals surface area contributed by atoms with E-state index in [4.69, 9.17) is 5.14 Å². The van der Waals surface area contributed by atoms with Crippen molar-refractivity contribution in [3.63, 3.8) is 0 Å². The van der Waals surface area contributed by atoms with Gasteiger partial charge in [-0.25, -0.2) is 18.5 Å². The largest absolute Gasteiger partial charge is 0.356 e. The number of sulfonamides is 1. The number of nitrogens with two attached hydrogens (primary N) is 1. The maximum atomic E-state index is 11.4. The Morgan fingerprint density at radius 1 is 1.38 bits per heavy atom. The molecular weight excluding hydrogens is 346 g/mol. The Morgan fingerprint density at radius 2 is 2.17 bits per heavy atom. The van der Waals surface area contributed by atoms with Crippen molar-refractivity contribution in [1.29, 1.82) is 0 Å². The zero-order chi connectivity index (χ0) is 17.6. The second-order valence-electron chi connectivity index (χ2n) is 5.15. The molecule has 7 nitrogen and oxygen atoms in total. The number of hydrogen-bond donors (Lipinski definition) is 3. The highest BCUT2D eigenvalue weighted by Crippen LogP contribution is 2.09. The van der Waals surface area contributed by atoms with Crippen molar-refractivity contribution < 1.29 is 8.42 Å². The third-order valence-electron chi connectivity index (χ3n) is 3.25. The molecule has 1 heterocycles. The molecule has 130 valence electrons. The van der Waals surface area contributed by atoms with Crippen LogP contribution in [0.5, 0.6) is 0 Å². The summed E-state index contributed by atoms with van der Waals surface area (Å²) in [6.45, 7) is 3.14. The van der Waals surface area contributed by atoms with E-state index in [2.05, 4.69) is 20.6 Å². The Labute approximate surface area is 146 Å². The number of primary sulfonamides is 1. The van der Waals surface area contributed by atoms with Crippen molar-refractivity contribution in [3.8, 4) is 0 Å². The van der Waals surface area contributed by atoms with E-state index in [-0.39, 0.29) is 4.90 Å². The fourth-order valence-corrected chi connectivity index (χ4v) is 3.30. The van der Waals surface area contributed by atoms with Gasteiger partial charge in [-0.15, -0.1) is 11.3 Å².